The van der Waals surface area contributed by atoms with Crippen molar-refractivity contribution in [3.63, 3.8) is 0 Å². The molecule has 0 spiro atoms. The first-order valence-corrected chi connectivity index (χ1v) is 15.3. The molecule has 2 bridgehead atoms. The minimum absolute atomic E-state index is 0.270. The molecule has 5 aliphatic rings. The Bertz CT molecular complexity index is 1970. The molecular formula is C38H27ClN2O3. The number of hydroxylamine groups is 1. The number of hydrogen-bond acceptors (Lipinski definition) is 4. The number of benzene rings is 5. The third-order valence-electron chi connectivity index (χ3n) is 10.2. The lowest BCUT2D eigenvalue weighted by atomic mass is 9.43. The zero-order chi connectivity index (χ0) is 29.8. The quantitative estimate of drug-likeness (QED) is 0.201. The average Bonchev–Trinajstić information content (AvgIpc) is 3.50. The van der Waals surface area contributed by atoms with Gasteiger partial charge >= 0.3 is 0 Å². The van der Waals surface area contributed by atoms with Crippen LogP contribution < -0.4 is 9.96 Å². The summed E-state index contributed by atoms with van der Waals surface area (Å²) >= 11 is 6.61. The Labute approximate surface area is 260 Å². The lowest BCUT2D eigenvalue weighted by molar-refractivity contribution is -0.153. The molecule has 2 saturated heterocycles. The molecule has 2 heterocycles. The van der Waals surface area contributed by atoms with E-state index in [0.717, 1.165) is 39.1 Å². The van der Waals surface area contributed by atoms with Crippen molar-refractivity contribution in [1.82, 2.24) is 0 Å². The molecule has 2 amide bonds. The fourth-order valence-corrected chi connectivity index (χ4v) is 8.79. The van der Waals surface area contributed by atoms with Crippen LogP contribution in [0.15, 0.2) is 127 Å². The van der Waals surface area contributed by atoms with Gasteiger partial charge in [0.25, 0.3) is 5.91 Å². The molecule has 0 N–H and O–H groups in total. The molecule has 214 valence electrons. The Kier molecular flexibility index (Phi) is 5.22. The van der Waals surface area contributed by atoms with Crippen molar-refractivity contribution in [3.05, 3.63) is 166 Å². The van der Waals surface area contributed by atoms with Gasteiger partial charge < -0.3 is 0 Å². The average molecular weight is 595 g/mol. The number of anilines is 2. The Morgan fingerprint density at radius 3 is 1.77 bits per heavy atom. The van der Waals surface area contributed by atoms with Crippen LogP contribution in [-0.2, 0) is 14.4 Å². The second kappa shape index (κ2) is 8.91. The van der Waals surface area contributed by atoms with Gasteiger partial charge in [-0.25, -0.2) is 9.96 Å². The summed E-state index contributed by atoms with van der Waals surface area (Å²) in [4.78, 5) is 39.7. The number of rotatable bonds is 3. The first-order chi connectivity index (χ1) is 21.5. The lowest BCUT2D eigenvalue weighted by Gasteiger charge is -2.55. The molecule has 5 nitrogen and oxygen atoms in total. The van der Waals surface area contributed by atoms with Crippen LogP contribution in [0.2, 0.25) is 5.02 Å². The number of hydrogen-bond donors (Lipinski definition) is 0. The van der Waals surface area contributed by atoms with Gasteiger partial charge in [-0.3, -0.25) is 14.4 Å². The van der Waals surface area contributed by atoms with E-state index >= 15 is 9.59 Å². The molecule has 6 heteroatoms. The molecular weight excluding hydrogens is 568 g/mol. The summed E-state index contributed by atoms with van der Waals surface area (Å²) in [6.45, 7) is 1.91. The number of carbonyl (C=O) groups excluding carboxylic acids is 2. The zero-order valence-corrected chi connectivity index (χ0v) is 24.6. The molecule has 0 saturated carbocycles. The van der Waals surface area contributed by atoms with E-state index < -0.39 is 28.9 Å². The number of amides is 2. The summed E-state index contributed by atoms with van der Waals surface area (Å²) in [5.74, 6) is -1.59. The zero-order valence-electron chi connectivity index (χ0n) is 23.9. The minimum Gasteiger partial charge on any atom is -0.273 e. The summed E-state index contributed by atoms with van der Waals surface area (Å²) in [5, 5.41) is 2.35. The number of imide groups is 1. The third-order valence-corrected chi connectivity index (χ3v) is 10.6. The molecule has 5 aromatic rings. The number of aryl methyl sites for hydroxylation is 1. The van der Waals surface area contributed by atoms with Crippen LogP contribution in [0.3, 0.4) is 0 Å². The Balaban J connectivity index is 1.43. The van der Waals surface area contributed by atoms with Gasteiger partial charge in [0.15, 0.2) is 0 Å². The van der Waals surface area contributed by atoms with Crippen molar-refractivity contribution in [2.24, 2.45) is 5.41 Å². The van der Waals surface area contributed by atoms with Crippen LogP contribution in [0, 0.1) is 12.3 Å². The van der Waals surface area contributed by atoms with Gasteiger partial charge in [0, 0.05) is 10.9 Å². The van der Waals surface area contributed by atoms with E-state index in [1.54, 1.807) is 6.07 Å². The maximum atomic E-state index is 15.7. The van der Waals surface area contributed by atoms with Gasteiger partial charge in [-0.05, 0) is 64.6 Å². The first-order valence-electron chi connectivity index (χ1n) is 14.9. The second-order valence-corrected chi connectivity index (χ2v) is 12.6. The van der Waals surface area contributed by atoms with Crippen molar-refractivity contribution in [3.8, 4) is 0 Å². The summed E-state index contributed by atoms with van der Waals surface area (Å²) in [6.07, 6.45) is 0. The van der Waals surface area contributed by atoms with Crippen molar-refractivity contribution < 1.29 is 14.4 Å². The predicted octanol–water partition coefficient (Wildman–Crippen LogP) is 7.73. The topological polar surface area (TPSA) is 49.9 Å². The molecule has 44 heavy (non-hydrogen) atoms. The molecule has 3 aliphatic carbocycles. The van der Waals surface area contributed by atoms with E-state index in [9.17, 15) is 0 Å². The van der Waals surface area contributed by atoms with Gasteiger partial charge in [0.05, 0.1) is 17.3 Å². The molecule has 2 aliphatic heterocycles. The van der Waals surface area contributed by atoms with E-state index in [4.69, 9.17) is 16.4 Å². The van der Waals surface area contributed by atoms with Gasteiger partial charge in [-0.2, -0.15) is 0 Å². The molecule has 5 aromatic carbocycles. The Hall–Kier alpha value is -4.71. The molecule has 0 aromatic heterocycles. The van der Waals surface area contributed by atoms with Crippen molar-refractivity contribution in [2.75, 3.05) is 9.96 Å². The monoisotopic (exact) mass is 594 g/mol. The highest BCUT2D eigenvalue weighted by atomic mass is 35.5. The molecule has 3 atom stereocenters. The summed E-state index contributed by atoms with van der Waals surface area (Å²) in [5.41, 5.74) is 4.33. The largest absolute Gasteiger partial charge is 0.273 e. The predicted molar refractivity (Wildman–Crippen MR) is 170 cm³/mol. The smallest absolute Gasteiger partial charge is 0.271 e. The maximum absolute atomic E-state index is 15.7. The van der Waals surface area contributed by atoms with E-state index in [2.05, 4.69) is 24.3 Å². The van der Waals surface area contributed by atoms with Crippen LogP contribution in [0.1, 0.15) is 51.3 Å². The van der Waals surface area contributed by atoms with E-state index in [1.807, 2.05) is 109 Å². The summed E-state index contributed by atoms with van der Waals surface area (Å²) in [6, 6.07) is 41.1. The summed E-state index contributed by atoms with van der Waals surface area (Å²) in [7, 11) is 0. The number of para-hydroxylation sites is 1. The number of carbonyl (C=O) groups is 2. The van der Waals surface area contributed by atoms with E-state index in [1.165, 1.54) is 4.90 Å². The van der Waals surface area contributed by atoms with E-state index in [0.29, 0.717) is 10.7 Å². The first kappa shape index (κ1) is 25.8. The van der Waals surface area contributed by atoms with Gasteiger partial charge in [0.2, 0.25) is 11.5 Å². The van der Waals surface area contributed by atoms with Crippen molar-refractivity contribution >= 4 is 34.8 Å². The highest BCUT2D eigenvalue weighted by Crippen LogP contribution is 2.77. The number of nitrogens with zero attached hydrogens (tertiary/aromatic N) is 2. The van der Waals surface area contributed by atoms with Crippen LogP contribution in [-0.4, -0.2) is 17.4 Å². The van der Waals surface area contributed by atoms with Gasteiger partial charge in [-0.1, -0.05) is 115 Å². The molecule has 0 radical (unpaired) electrons. The number of halogens is 1. The van der Waals surface area contributed by atoms with Crippen molar-refractivity contribution in [1.29, 1.82) is 0 Å². The Morgan fingerprint density at radius 1 is 0.636 bits per heavy atom. The molecule has 10 rings (SSSR count). The minimum atomic E-state index is -1.55. The maximum Gasteiger partial charge on any atom is 0.271 e. The van der Waals surface area contributed by atoms with Gasteiger partial charge in [-0.15, -0.1) is 0 Å². The second-order valence-electron chi connectivity index (χ2n) is 12.2. The standard InChI is InChI=1S/C38H27ClN2O3/c1-23-20-21-26(22-31(23)39)40-35(42)37-32-27-16-8-10-18-29(27)33(30-19-11-9-17-28(30)32)38(37,36(40)43)44-41(25-14-6-3-7-15-25)34(37)24-12-4-2-5-13-24/h2-22,32-34H,1H3. The van der Waals surface area contributed by atoms with Crippen LogP contribution in [0.25, 0.3) is 0 Å². The fourth-order valence-electron chi connectivity index (χ4n) is 8.62. The van der Waals surface area contributed by atoms with E-state index in [-0.39, 0.29) is 11.8 Å². The molecule has 2 fully saturated rings. The van der Waals surface area contributed by atoms with Gasteiger partial charge in [0.1, 0.15) is 11.5 Å². The van der Waals surface area contributed by atoms with Crippen LogP contribution >= 0.6 is 11.6 Å². The highest BCUT2D eigenvalue weighted by molar-refractivity contribution is 6.33. The normalized spacial score (nSPS) is 27.6. The van der Waals surface area contributed by atoms with Crippen LogP contribution in [0.4, 0.5) is 11.4 Å². The lowest BCUT2D eigenvalue weighted by Crippen LogP contribution is -2.63. The van der Waals surface area contributed by atoms with Crippen molar-refractivity contribution in [2.45, 2.75) is 30.4 Å². The Morgan fingerprint density at radius 2 is 1.18 bits per heavy atom. The summed E-state index contributed by atoms with van der Waals surface area (Å²) < 4.78 is 0. The third kappa shape index (κ3) is 2.89. The SMILES string of the molecule is Cc1ccc(N2C(=O)C34ON(c5ccccc5)C(c5ccccc5)C3(C2=O)C2c3ccccc3C4c3ccccc32)cc1Cl. The fraction of sp³-hybridized carbons (Fsp3) is 0.158. The highest BCUT2D eigenvalue weighted by Gasteiger charge is 2.87. The molecule has 3 unspecified atom stereocenters. The van der Waals surface area contributed by atoms with Crippen LogP contribution in [0.5, 0.6) is 0 Å².